The molecule has 0 amide bonds. The Morgan fingerprint density at radius 1 is 0.585 bits per heavy atom. The molecule has 0 fully saturated rings. The van der Waals surface area contributed by atoms with Crippen molar-refractivity contribution >= 4 is 11.9 Å². The first kappa shape index (κ1) is 31.9. The number of ether oxygens (including phenoxy) is 3. The van der Waals surface area contributed by atoms with Crippen LogP contribution in [0.3, 0.4) is 0 Å². The number of benzene rings is 3. The summed E-state index contributed by atoms with van der Waals surface area (Å²) >= 11 is 0. The zero-order valence-electron chi connectivity index (χ0n) is 26.0. The third-order valence-electron chi connectivity index (χ3n) is 7.77. The highest BCUT2D eigenvalue weighted by Crippen LogP contribution is 2.38. The molecule has 0 aliphatic carbocycles. The molecular weight excluding hydrogens is 512 g/mol. The maximum Gasteiger partial charge on any atom is 0.343 e. The second kappa shape index (κ2) is 13.4. The van der Waals surface area contributed by atoms with Crippen LogP contribution >= 0.6 is 0 Å². The van der Waals surface area contributed by atoms with Crippen LogP contribution in [0.5, 0.6) is 11.5 Å². The summed E-state index contributed by atoms with van der Waals surface area (Å²) in [7, 11) is 0. The molecule has 0 saturated carbocycles. The van der Waals surface area contributed by atoms with Crippen molar-refractivity contribution < 1.29 is 23.8 Å². The van der Waals surface area contributed by atoms with Gasteiger partial charge in [0, 0.05) is 5.41 Å². The maximum absolute atomic E-state index is 12.8. The van der Waals surface area contributed by atoms with E-state index in [0.717, 1.165) is 37.0 Å². The third kappa shape index (κ3) is 8.45. The second-order valence-corrected chi connectivity index (χ2v) is 12.2. The van der Waals surface area contributed by atoms with Crippen LogP contribution in [0.2, 0.25) is 0 Å². The Labute approximate surface area is 246 Å². The quantitative estimate of drug-likeness (QED) is 0.154. The zero-order valence-corrected chi connectivity index (χ0v) is 26.0. The third-order valence-corrected chi connectivity index (χ3v) is 7.77. The highest BCUT2D eigenvalue weighted by Gasteiger charge is 2.29. The lowest BCUT2D eigenvalue weighted by Gasteiger charge is -2.32. The Morgan fingerprint density at radius 2 is 1.05 bits per heavy atom. The van der Waals surface area contributed by atoms with Crippen molar-refractivity contribution in [2.45, 2.75) is 104 Å². The number of esters is 2. The van der Waals surface area contributed by atoms with E-state index in [2.05, 4.69) is 58.9 Å². The van der Waals surface area contributed by atoms with Gasteiger partial charge in [-0.3, -0.25) is 0 Å². The lowest BCUT2D eigenvalue weighted by atomic mass is 9.73. The van der Waals surface area contributed by atoms with E-state index in [0.29, 0.717) is 23.3 Å². The number of carbonyl (C=O) groups is 2. The summed E-state index contributed by atoms with van der Waals surface area (Å²) < 4.78 is 17.4. The molecule has 3 aromatic rings. The number of hydrogen-bond donors (Lipinski definition) is 0. The van der Waals surface area contributed by atoms with E-state index < -0.39 is 17.5 Å². The molecule has 1 atom stereocenters. The van der Waals surface area contributed by atoms with Crippen LogP contribution in [-0.4, -0.2) is 23.1 Å². The Morgan fingerprint density at radius 3 is 1.51 bits per heavy atom. The predicted molar refractivity (Wildman–Crippen MR) is 165 cm³/mol. The minimum absolute atomic E-state index is 0.198. The molecule has 3 aromatic carbocycles. The van der Waals surface area contributed by atoms with Gasteiger partial charge in [-0.15, -0.1) is 0 Å². The van der Waals surface area contributed by atoms with Gasteiger partial charge in [0.2, 0.25) is 0 Å². The fourth-order valence-electron chi connectivity index (χ4n) is 5.00. The van der Waals surface area contributed by atoms with Gasteiger partial charge < -0.3 is 14.2 Å². The van der Waals surface area contributed by atoms with Crippen LogP contribution in [0.15, 0.2) is 72.8 Å². The molecule has 5 heteroatoms. The highest BCUT2D eigenvalue weighted by atomic mass is 16.6. The molecule has 0 bridgehead atoms. The monoisotopic (exact) mass is 558 g/mol. The summed E-state index contributed by atoms with van der Waals surface area (Å²) in [4.78, 5) is 25.2. The molecule has 0 heterocycles. The van der Waals surface area contributed by atoms with Crippen molar-refractivity contribution in [2.75, 3.05) is 0 Å². The van der Waals surface area contributed by atoms with Crippen molar-refractivity contribution in [3.63, 3.8) is 0 Å². The van der Waals surface area contributed by atoms with E-state index in [1.165, 1.54) is 5.56 Å². The van der Waals surface area contributed by atoms with Gasteiger partial charge in [0.25, 0.3) is 0 Å². The summed E-state index contributed by atoms with van der Waals surface area (Å²) in [6.45, 7) is 16.6. The van der Waals surface area contributed by atoms with Crippen molar-refractivity contribution in [1.29, 1.82) is 0 Å². The minimum atomic E-state index is -0.544. The zero-order chi connectivity index (χ0) is 30.3. The van der Waals surface area contributed by atoms with Gasteiger partial charge in [-0.2, -0.15) is 0 Å². The van der Waals surface area contributed by atoms with Crippen LogP contribution in [0.4, 0.5) is 0 Å². The smallest absolute Gasteiger partial charge is 0.343 e. The summed E-state index contributed by atoms with van der Waals surface area (Å²) in [6, 6.07) is 22.5. The van der Waals surface area contributed by atoms with Crippen molar-refractivity contribution in [3.05, 3.63) is 95.1 Å². The second-order valence-electron chi connectivity index (χ2n) is 12.2. The largest absolute Gasteiger partial charge is 0.488 e. The van der Waals surface area contributed by atoms with E-state index in [1.54, 1.807) is 24.3 Å². The van der Waals surface area contributed by atoms with Gasteiger partial charge in [0.15, 0.2) is 0 Å². The molecule has 0 aliphatic rings. The average molecular weight is 559 g/mol. The van der Waals surface area contributed by atoms with Gasteiger partial charge in [-0.05, 0) is 107 Å². The van der Waals surface area contributed by atoms with Gasteiger partial charge in [-0.1, -0.05) is 64.8 Å². The molecule has 0 N–H and O–H groups in total. The SMILES string of the molecule is CCCC(C)(C)Oc1ccc(C(C)(CCC)c2ccc(OC(=O)c3ccc(C(=O)OC(C)(C)CC)cc3)cc2)cc1. The van der Waals surface area contributed by atoms with Crippen LogP contribution in [0, 0.1) is 0 Å². The summed E-state index contributed by atoms with van der Waals surface area (Å²) in [6.07, 6.45) is 4.77. The van der Waals surface area contributed by atoms with Crippen LogP contribution in [-0.2, 0) is 10.2 Å². The van der Waals surface area contributed by atoms with Gasteiger partial charge in [0.1, 0.15) is 22.7 Å². The van der Waals surface area contributed by atoms with E-state index in [1.807, 2.05) is 45.0 Å². The molecule has 0 aromatic heterocycles. The predicted octanol–water partition coefficient (Wildman–Crippen LogP) is 9.31. The summed E-state index contributed by atoms with van der Waals surface area (Å²) in [5, 5.41) is 0. The van der Waals surface area contributed by atoms with Crippen LogP contribution in [0.1, 0.15) is 119 Å². The van der Waals surface area contributed by atoms with Crippen LogP contribution < -0.4 is 9.47 Å². The molecule has 220 valence electrons. The Bertz CT molecular complexity index is 1290. The Hall–Kier alpha value is -3.60. The normalized spacial score (nSPS) is 13.3. The number of rotatable bonds is 13. The fourth-order valence-corrected chi connectivity index (χ4v) is 5.00. The molecule has 3 rings (SSSR count). The van der Waals surface area contributed by atoms with Crippen molar-refractivity contribution in [3.8, 4) is 11.5 Å². The van der Waals surface area contributed by atoms with Gasteiger partial charge >= 0.3 is 11.9 Å². The van der Waals surface area contributed by atoms with E-state index >= 15 is 0 Å². The first-order valence-electron chi connectivity index (χ1n) is 14.8. The average Bonchev–Trinajstić information content (AvgIpc) is 2.93. The molecule has 0 radical (unpaired) electrons. The lowest BCUT2D eigenvalue weighted by Crippen LogP contribution is -2.28. The van der Waals surface area contributed by atoms with Gasteiger partial charge in [0.05, 0.1) is 11.1 Å². The molecule has 0 aliphatic heterocycles. The summed E-state index contributed by atoms with van der Waals surface area (Å²) in [5.74, 6) is 0.449. The first-order chi connectivity index (χ1) is 19.3. The van der Waals surface area contributed by atoms with Crippen LogP contribution in [0.25, 0.3) is 0 Å². The Kier molecular flexibility index (Phi) is 10.4. The molecule has 5 nitrogen and oxygen atoms in total. The topological polar surface area (TPSA) is 61.8 Å². The molecule has 1 unspecified atom stereocenters. The van der Waals surface area contributed by atoms with E-state index in [4.69, 9.17) is 14.2 Å². The van der Waals surface area contributed by atoms with Crippen molar-refractivity contribution in [2.24, 2.45) is 0 Å². The number of hydrogen-bond acceptors (Lipinski definition) is 5. The van der Waals surface area contributed by atoms with E-state index in [-0.39, 0.29) is 11.0 Å². The molecule has 0 saturated heterocycles. The number of carbonyl (C=O) groups excluding carboxylic acids is 2. The van der Waals surface area contributed by atoms with Gasteiger partial charge in [-0.25, -0.2) is 9.59 Å². The minimum Gasteiger partial charge on any atom is -0.488 e. The first-order valence-corrected chi connectivity index (χ1v) is 14.8. The lowest BCUT2D eigenvalue weighted by molar-refractivity contribution is -0.00247. The molecule has 41 heavy (non-hydrogen) atoms. The molecule has 0 spiro atoms. The van der Waals surface area contributed by atoms with E-state index in [9.17, 15) is 9.59 Å². The maximum atomic E-state index is 12.8. The molecular formula is C36H46O5. The fraction of sp³-hybridized carbons (Fsp3) is 0.444. The Balaban J connectivity index is 1.71. The summed E-state index contributed by atoms with van der Waals surface area (Å²) in [5.41, 5.74) is 2.18. The highest BCUT2D eigenvalue weighted by molar-refractivity contribution is 5.94. The van der Waals surface area contributed by atoms with Crippen molar-refractivity contribution in [1.82, 2.24) is 0 Å². The standard InChI is InChI=1S/C36H46O5/c1-9-24-35(6,7)40-31-22-18-29(19-23-31)36(8,25-10-2)28-16-20-30(21-17-28)39-32(37)26-12-14-27(15-13-26)33(38)41-34(4,5)11-3/h12-23H,9-11,24-25H2,1-8H3.